The summed E-state index contributed by atoms with van der Waals surface area (Å²) in [7, 11) is 1.45. The van der Waals surface area contributed by atoms with Crippen LogP contribution in [0.2, 0.25) is 14.4 Å². The number of aromatic nitrogens is 2. The van der Waals surface area contributed by atoms with E-state index in [2.05, 4.69) is 58.0 Å². The van der Waals surface area contributed by atoms with Crippen molar-refractivity contribution in [3.8, 4) is 57.1 Å². The Morgan fingerprint density at radius 2 is 1.36 bits per heavy atom. The van der Waals surface area contributed by atoms with Crippen molar-refractivity contribution in [3.63, 3.8) is 0 Å². The van der Waals surface area contributed by atoms with Crippen LogP contribution in [0.4, 0.5) is 5.13 Å². The molecular formula is C91H96Cl3N16O28S2+. The van der Waals surface area contributed by atoms with Gasteiger partial charge in [-0.05, 0) is 127 Å². The fourth-order valence-electron chi connectivity index (χ4n) is 17.0. The van der Waals surface area contributed by atoms with Crippen LogP contribution in [0.15, 0.2) is 150 Å². The number of halogens is 3. The number of fused-ring (bicyclic) bond motifs is 16. The summed E-state index contributed by atoms with van der Waals surface area (Å²) in [6.07, 6.45) is -14.6. The van der Waals surface area contributed by atoms with Gasteiger partial charge in [0.15, 0.2) is 59.7 Å². The van der Waals surface area contributed by atoms with Crippen LogP contribution in [0.3, 0.4) is 0 Å². The number of primary amides is 1. The monoisotopic (exact) mass is 2030 g/mol. The number of phenolic OH excluding ortho intramolecular Hbond substituents is 3. The highest BCUT2D eigenvalue weighted by Crippen LogP contribution is 2.51. The number of benzene rings is 6. The molecular weight excluding hydrogens is 1940 g/mol. The molecule has 3 saturated heterocycles. The molecule has 25 N–H and O–H groups in total. The molecule has 740 valence electrons. The van der Waals surface area contributed by atoms with E-state index in [9.17, 15) is 79.8 Å². The Morgan fingerprint density at radius 1 is 0.721 bits per heavy atom. The molecule has 49 heteroatoms. The number of carboxylic acid groups (broad SMARTS) is 1. The van der Waals surface area contributed by atoms with Crippen LogP contribution >= 0.6 is 57.9 Å². The lowest BCUT2D eigenvalue weighted by Crippen LogP contribution is -2.71. The van der Waals surface area contributed by atoms with Crippen LogP contribution in [0.1, 0.15) is 116 Å². The number of aliphatic hydroxyl groups excluding tert-OH is 6. The Labute approximate surface area is 818 Å². The maximum atomic E-state index is 16.4. The van der Waals surface area contributed by atoms with Gasteiger partial charge >= 0.3 is 5.97 Å². The first-order chi connectivity index (χ1) is 66.6. The van der Waals surface area contributed by atoms with E-state index in [-0.39, 0.29) is 75.4 Å². The van der Waals surface area contributed by atoms with Crippen molar-refractivity contribution < 1.29 is 142 Å². The molecule has 9 aliphatic heterocycles. The second kappa shape index (κ2) is 42.1. The molecule has 9 aliphatic rings. The lowest BCUT2D eigenvalue weighted by Gasteiger charge is -2.49. The first-order valence-corrected chi connectivity index (χ1v) is 46.4. The first kappa shape index (κ1) is 101. The fraction of sp³-hybridized carbons (Fsp3) is 0.363. The molecule has 0 spiro atoms. The van der Waals surface area contributed by atoms with E-state index < -0.39 is 283 Å². The van der Waals surface area contributed by atoms with Crippen LogP contribution in [0, 0.1) is 5.92 Å². The van der Waals surface area contributed by atoms with Crippen molar-refractivity contribution >= 4 is 134 Å². The largest absolute Gasteiger partial charge is 0.508 e. The summed E-state index contributed by atoms with van der Waals surface area (Å²) in [6, 6.07) is 8.73. The van der Waals surface area contributed by atoms with E-state index in [0.29, 0.717) is 16.7 Å². The third kappa shape index (κ3) is 21.4. The molecule has 17 rings (SSSR count). The summed E-state index contributed by atoms with van der Waals surface area (Å²) in [5.74, 6) is -19.3. The Hall–Kier alpha value is -13.1. The van der Waals surface area contributed by atoms with Crippen molar-refractivity contribution in [1.29, 1.82) is 0 Å². The van der Waals surface area contributed by atoms with Gasteiger partial charge in [-0.25, -0.2) is 14.3 Å². The normalized spacial score (nSPS) is 26.6. The maximum Gasteiger partial charge on any atom is 0.352 e. The summed E-state index contributed by atoms with van der Waals surface area (Å²) in [5.41, 5.74) is 14.4. The quantitative estimate of drug-likeness (QED) is 0.0141. The average Bonchev–Trinajstić information content (AvgIpc) is 0.768. The third-order valence-corrected chi connectivity index (χ3v) is 27.2. The standard InChI is InChI=1S/C91H95Cl3N16O28S2/c1-35(2)21-49(98-5)78(121)103-64-69(115)40-14-17-52(47(92)23-40)134-54-25-42-26-55(73(54)138-89-74(72(118)71(117)56(32-111)136-89)137-57-29-91(4,97)75(119)36(3)133-57)135-53-18-15-41(24-48(53)93)70(116)65-83(126)102-61(46-27-44(112)28-51(114)58(46)45-22-39(13-16-50(45)113)59(80(123)104-65)100-81(124)60(42)101-85(128)66(77(95)120)105-84(64)127)79(122)99-30-37-9-11-38(12-10-37)33-132-108-63(62-76(94)140-90(96)107-62)82(125)106-67-86(129)110-68(88(130)131)43(34-139-87(67)110)31-109-19-7-6-8-20-109/h6-20,22-28,35-36,49,56-57,59-61,64-67,69-72,74-75,87,89,98,111,115-119H,21,29-34,97H2,1-5H3,(H15-,95,96,99,100,101,102,103,104,105,106,107,108,112,113,114,120,121,122,123,124,125,126,127,128,130,131)/p+1/t36-,49+,56+,57-,59+,60+,61?,64?,65-,66?,67+,69+,70+,71+,72-,74+,75+,87+,89-,91-/m0/s1. The predicted octanol–water partition coefficient (Wildman–Crippen LogP) is 1.29. The number of carbonyl (C=O) groups is 11. The van der Waals surface area contributed by atoms with Crippen LogP contribution in [0.25, 0.3) is 11.1 Å². The topological polar surface area (TPSA) is 673 Å². The lowest BCUT2D eigenvalue weighted by molar-refractivity contribution is -0.689. The zero-order valence-corrected chi connectivity index (χ0v) is 78.4. The van der Waals surface area contributed by atoms with Gasteiger partial charge in [0.05, 0.1) is 34.9 Å². The zero-order valence-electron chi connectivity index (χ0n) is 74.5. The van der Waals surface area contributed by atoms with Crippen LogP contribution in [0.5, 0.6) is 46.0 Å². The number of oxime groups is 1. The molecule has 10 amide bonds. The molecule has 0 radical (unpaired) electrons. The number of carboxylic acids is 1. The van der Waals surface area contributed by atoms with Gasteiger partial charge < -0.3 is 149 Å². The number of aromatic hydroxyl groups is 3. The lowest BCUT2D eigenvalue weighted by atomic mass is 9.86. The first-order valence-electron chi connectivity index (χ1n) is 43.4. The number of amides is 10. The highest BCUT2D eigenvalue weighted by molar-refractivity contribution is 8.00. The molecule has 20 atom stereocenters. The van der Waals surface area contributed by atoms with Gasteiger partial charge in [-0.15, -0.1) is 11.8 Å². The van der Waals surface area contributed by atoms with E-state index in [1.807, 2.05) is 0 Å². The Kier molecular flexibility index (Phi) is 30.5. The number of likely N-dealkylation sites (N-methyl/N-ethyl adjacent to an activating group) is 1. The van der Waals surface area contributed by atoms with Crippen molar-refractivity contribution in [2.75, 3.05) is 25.1 Å². The van der Waals surface area contributed by atoms with Crippen LogP contribution in [-0.4, -0.2) is 241 Å². The number of thioether (sulfide) groups is 1. The molecule has 0 saturated carbocycles. The number of nitrogen functional groups attached to an aromatic ring is 1. The SMILES string of the molecule is CN[C@H](CC(C)C)C(=O)NC1C(=O)NC(C(N)=O)C(=O)N[C@H]2C(=O)N[C@H]3C(=O)N[C@H](C(=O)NC(C(=O)NCc4ccc(CO/N=C(\C(=O)N[C@@H]5C(=O)N6C(C(=O)O)=C(C[n+]7ccccc7)CS[C@H]56)c5nc(N)sc5Cl)cc4)c4cc(O)cc(O)c4-c4cc3ccc4O)[C@H](O)c3ccc(c(Cl)c3)Oc3cc2cc(c3O[C@@H]2O[C@H](CO)[C@@H](O)[C@H](O)[C@H]2O[C@H]2C[C@](C)(N)[C@H](O)[C@H](C)O2)Oc2ccc(cc2Cl)[C@H]1O. The number of hydrogen-bond donors (Lipinski definition) is 22. The van der Waals surface area contributed by atoms with Gasteiger partial charge in [0.25, 0.3) is 17.7 Å². The number of nitrogens with one attached hydrogen (secondary N) is 9. The predicted molar refractivity (Wildman–Crippen MR) is 495 cm³/mol. The van der Waals surface area contributed by atoms with Gasteiger partial charge in [0, 0.05) is 59.2 Å². The molecule has 44 nitrogen and oxygen atoms in total. The van der Waals surface area contributed by atoms with Crippen molar-refractivity contribution in [3.05, 3.63) is 204 Å². The number of rotatable bonds is 23. The Bertz CT molecular complexity index is 6290. The summed E-state index contributed by atoms with van der Waals surface area (Å²) < 4.78 is 40.4. The molecule has 11 bridgehead atoms. The number of hydrogen-bond acceptors (Lipinski definition) is 34. The number of nitrogens with zero attached hydrogens (tertiary/aromatic N) is 4. The molecule has 140 heavy (non-hydrogen) atoms. The third-order valence-electron chi connectivity index (χ3n) is 24.2. The number of β-lactam (4-membered cyclic amide) rings is 1. The minimum Gasteiger partial charge on any atom is -0.508 e. The number of carbonyl (C=O) groups excluding carboxylic acids is 10. The number of pyridine rings is 1. The smallest absolute Gasteiger partial charge is 0.352 e. The summed E-state index contributed by atoms with van der Waals surface area (Å²) >= 11 is 22.9. The van der Waals surface area contributed by atoms with Crippen LogP contribution in [-0.2, 0) is 91.5 Å². The van der Waals surface area contributed by atoms with Crippen molar-refractivity contribution in [1.82, 2.24) is 57.7 Å². The van der Waals surface area contributed by atoms with Crippen LogP contribution < -0.4 is 83.8 Å². The second-order valence-corrected chi connectivity index (χ2v) is 38.1. The maximum absolute atomic E-state index is 16.4. The highest BCUT2D eigenvalue weighted by Gasteiger charge is 2.56. The minimum atomic E-state index is -2.61. The molecule has 11 heterocycles. The number of aliphatic carboxylic acids is 1. The van der Waals surface area contributed by atoms with E-state index >= 15 is 24.0 Å². The van der Waals surface area contributed by atoms with Gasteiger partial charge in [0.2, 0.25) is 53.4 Å². The summed E-state index contributed by atoms with van der Waals surface area (Å²) in [5, 5.41) is 142. The Morgan fingerprint density at radius 3 is 1.98 bits per heavy atom. The summed E-state index contributed by atoms with van der Waals surface area (Å²) in [4.78, 5) is 174. The number of thiazole rings is 1. The number of ether oxygens (including phenoxy) is 6. The number of anilines is 1. The molecule has 2 aromatic heterocycles. The van der Waals surface area contributed by atoms with E-state index in [1.54, 1.807) is 49.0 Å². The van der Waals surface area contributed by atoms with E-state index in [1.165, 1.54) is 63.0 Å². The van der Waals surface area contributed by atoms with Crippen molar-refractivity contribution in [2.45, 2.75) is 181 Å². The highest BCUT2D eigenvalue weighted by atomic mass is 35.5. The fourth-order valence-corrected chi connectivity index (χ4v) is 19.7. The molecule has 8 aromatic rings. The van der Waals surface area contributed by atoms with E-state index in [0.717, 1.165) is 89.0 Å². The van der Waals surface area contributed by atoms with Gasteiger partial charge in [-0.2, -0.15) is 0 Å². The minimum absolute atomic E-state index is 0.0589. The van der Waals surface area contributed by atoms with E-state index in [4.69, 9.17) is 85.3 Å². The molecule has 3 unspecified atom stereocenters. The number of aliphatic hydroxyl groups is 6. The van der Waals surface area contributed by atoms with Crippen molar-refractivity contribution in [2.24, 2.45) is 22.5 Å². The van der Waals surface area contributed by atoms with Gasteiger partial charge in [-0.3, -0.25) is 52.8 Å². The van der Waals surface area contributed by atoms with Gasteiger partial charge in [0.1, 0.15) is 123 Å². The summed E-state index contributed by atoms with van der Waals surface area (Å²) in [6.45, 7) is 4.99. The second-order valence-electron chi connectivity index (χ2n) is 34.6. The van der Waals surface area contributed by atoms with Gasteiger partial charge in [-0.1, -0.05) is 114 Å². The molecule has 6 aromatic carbocycles. The zero-order chi connectivity index (χ0) is 101. The molecule has 3 fully saturated rings. The Balaban J connectivity index is 0.789. The number of nitrogens with two attached hydrogens (primary N) is 3. The molecule has 0 aliphatic carbocycles. The average molecular weight is 2030 g/mol. The number of phenols is 3.